The molecule has 3 aromatic carbocycles. The van der Waals surface area contributed by atoms with Crippen molar-refractivity contribution in [3.05, 3.63) is 96.4 Å². The van der Waals surface area contributed by atoms with Gasteiger partial charge in [-0.2, -0.15) is 0 Å². The lowest BCUT2D eigenvalue weighted by molar-refractivity contribution is 1.57. The third-order valence-electron chi connectivity index (χ3n) is 4.09. The van der Waals surface area contributed by atoms with Crippen molar-refractivity contribution in [2.24, 2.45) is 0 Å². The molecule has 4 rings (SSSR count). The first-order chi connectivity index (χ1) is 11.8. The molecule has 0 aliphatic carbocycles. The van der Waals surface area contributed by atoms with Crippen LogP contribution >= 0.6 is 11.3 Å². The van der Waals surface area contributed by atoms with E-state index in [1.165, 1.54) is 26.8 Å². The lowest BCUT2D eigenvalue weighted by Crippen LogP contribution is -1.96. The first kappa shape index (κ1) is 14.7. The van der Waals surface area contributed by atoms with Crippen molar-refractivity contribution >= 4 is 32.8 Å². The van der Waals surface area contributed by atoms with E-state index in [9.17, 15) is 0 Å². The number of rotatable bonds is 4. The molecular formula is C22H17NS. The van der Waals surface area contributed by atoms with Gasteiger partial charge in [0.2, 0.25) is 0 Å². The summed E-state index contributed by atoms with van der Waals surface area (Å²) < 4.78 is 1.29. The molecule has 4 aromatic rings. The molecule has 2 heteroatoms. The fourth-order valence-corrected chi connectivity index (χ4v) is 3.81. The quantitative estimate of drug-likeness (QED) is 0.442. The van der Waals surface area contributed by atoms with E-state index < -0.39 is 0 Å². The molecule has 24 heavy (non-hydrogen) atoms. The summed E-state index contributed by atoms with van der Waals surface area (Å²) in [6.07, 6.45) is 0. The van der Waals surface area contributed by atoms with E-state index in [-0.39, 0.29) is 0 Å². The van der Waals surface area contributed by atoms with Gasteiger partial charge in [-0.3, -0.25) is 0 Å². The smallest absolute Gasteiger partial charge is 0.0399 e. The number of nitrogens with one attached hydrogen (secondary N) is 1. The van der Waals surface area contributed by atoms with E-state index in [0.717, 1.165) is 11.4 Å². The maximum atomic E-state index is 4.22. The Kier molecular flexibility index (Phi) is 3.89. The first-order valence-corrected chi connectivity index (χ1v) is 8.77. The van der Waals surface area contributed by atoms with E-state index in [2.05, 4.69) is 90.1 Å². The Labute approximate surface area is 145 Å². The summed E-state index contributed by atoms with van der Waals surface area (Å²) in [5.74, 6) is 0. The normalized spacial score (nSPS) is 10.7. The topological polar surface area (TPSA) is 12.0 Å². The zero-order valence-corrected chi connectivity index (χ0v) is 14.0. The zero-order valence-electron chi connectivity index (χ0n) is 13.2. The summed E-state index contributed by atoms with van der Waals surface area (Å²) in [5, 5.41) is 6.84. The Morgan fingerprint density at radius 2 is 1.42 bits per heavy atom. The second-order valence-electron chi connectivity index (χ2n) is 5.69. The first-order valence-electron chi connectivity index (χ1n) is 7.89. The van der Waals surface area contributed by atoms with Crippen LogP contribution in [-0.2, 0) is 0 Å². The fourth-order valence-electron chi connectivity index (χ4n) is 2.83. The fraction of sp³-hybridized carbons (Fsp3) is 0. The van der Waals surface area contributed by atoms with Gasteiger partial charge in [0.05, 0.1) is 0 Å². The van der Waals surface area contributed by atoms with Crippen molar-refractivity contribution in [3.8, 4) is 11.1 Å². The van der Waals surface area contributed by atoms with Crippen LogP contribution in [0.2, 0.25) is 0 Å². The highest BCUT2D eigenvalue weighted by atomic mass is 32.1. The van der Waals surface area contributed by atoms with Crippen LogP contribution in [0.5, 0.6) is 0 Å². The Morgan fingerprint density at radius 1 is 0.750 bits per heavy atom. The zero-order chi connectivity index (χ0) is 16.4. The highest BCUT2D eigenvalue weighted by molar-refractivity contribution is 7.17. The monoisotopic (exact) mass is 327 g/mol. The molecule has 1 N–H and O–H groups in total. The van der Waals surface area contributed by atoms with Gasteiger partial charge in [-0.1, -0.05) is 67.2 Å². The molecule has 0 radical (unpaired) electrons. The van der Waals surface area contributed by atoms with Crippen LogP contribution in [-0.4, -0.2) is 0 Å². The maximum absolute atomic E-state index is 4.22. The second kappa shape index (κ2) is 6.34. The highest BCUT2D eigenvalue weighted by Gasteiger charge is 2.07. The minimum absolute atomic E-state index is 0.930. The van der Waals surface area contributed by atoms with Gasteiger partial charge < -0.3 is 5.32 Å². The molecule has 0 aliphatic rings. The SMILES string of the molecule is C=C(Nc1ccc(-c2ccccc2)cc1)c1csc2ccccc12. The number of hydrogen-bond acceptors (Lipinski definition) is 2. The number of hydrogen-bond donors (Lipinski definition) is 1. The molecule has 0 unspecified atom stereocenters. The number of thiophene rings is 1. The van der Waals surface area contributed by atoms with Crippen molar-refractivity contribution in [2.45, 2.75) is 0 Å². The van der Waals surface area contributed by atoms with Crippen molar-refractivity contribution in [2.75, 3.05) is 5.32 Å². The molecule has 0 saturated carbocycles. The molecule has 0 amide bonds. The minimum Gasteiger partial charge on any atom is -0.355 e. The van der Waals surface area contributed by atoms with Gasteiger partial charge in [0, 0.05) is 32.4 Å². The van der Waals surface area contributed by atoms with Crippen LogP contribution in [0.3, 0.4) is 0 Å². The van der Waals surface area contributed by atoms with Crippen molar-refractivity contribution < 1.29 is 0 Å². The third kappa shape index (κ3) is 2.84. The lowest BCUT2D eigenvalue weighted by atomic mass is 10.1. The molecule has 0 spiro atoms. The molecular weight excluding hydrogens is 310 g/mol. The molecule has 0 atom stereocenters. The largest absolute Gasteiger partial charge is 0.355 e. The summed E-state index contributed by atoms with van der Waals surface area (Å²) in [4.78, 5) is 0. The van der Waals surface area contributed by atoms with Gasteiger partial charge in [-0.15, -0.1) is 11.3 Å². The van der Waals surface area contributed by atoms with Gasteiger partial charge in [0.25, 0.3) is 0 Å². The summed E-state index contributed by atoms with van der Waals surface area (Å²) in [7, 11) is 0. The van der Waals surface area contributed by atoms with Gasteiger partial charge >= 0.3 is 0 Å². The molecule has 116 valence electrons. The van der Waals surface area contributed by atoms with Gasteiger partial charge in [0.15, 0.2) is 0 Å². The standard InChI is InChI=1S/C22H17NS/c1-16(21-15-24-22-10-6-5-9-20(21)22)23-19-13-11-18(12-14-19)17-7-3-2-4-8-17/h2-15,23H,1H2. The Hall–Kier alpha value is -2.84. The van der Waals surface area contributed by atoms with Crippen LogP contribution in [0.1, 0.15) is 5.56 Å². The number of fused-ring (bicyclic) bond motifs is 1. The minimum atomic E-state index is 0.930. The molecule has 0 fully saturated rings. The third-order valence-corrected chi connectivity index (χ3v) is 5.06. The average molecular weight is 327 g/mol. The predicted octanol–water partition coefficient (Wildman–Crippen LogP) is 6.65. The van der Waals surface area contributed by atoms with E-state index >= 15 is 0 Å². The van der Waals surface area contributed by atoms with Crippen LogP contribution in [0.4, 0.5) is 5.69 Å². The highest BCUT2D eigenvalue weighted by Crippen LogP contribution is 2.31. The van der Waals surface area contributed by atoms with Gasteiger partial charge in [-0.05, 0) is 29.3 Å². The summed E-state index contributed by atoms with van der Waals surface area (Å²) in [6.45, 7) is 4.22. The summed E-state index contributed by atoms with van der Waals surface area (Å²) in [5.41, 5.74) is 5.59. The molecule has 1 heterocycles. The molecule has 1 aromatic heterocycles. The van der Waals surface area contributed by atoms with Gasteiger partial charge in [-0.25, -0.2) is 0 Å². The van der Waals surface area contributed by atoms with Crippen molar-refractivity contribution in [1.82, 2.24) is 0 Å². The predicted molar refractivity (Wildman–Crippen MR) is 106 cm³/mol. The van der Waals surface area contributed by atoms with E-state index in [1.54, 1.807) is 11.3 Å². The molecule has 0 saturated heterocycles. The van der Waals surface area contributed by atoms with Crippen LogP contribution < -0.4 is 5.32 Å². The van der Waals surface area contributed by atoms with E-state index in [4.69, 9.17) is 0 Å². The second-order valence-corrected chi connectivity index (χ2v) is 6.60. The number of benzene rings is 3. The molecule has 1 nitrogen and oxygen atoms in total. The summed E-state index contributed by atoms with van der Waals surface area (Å²) >= 11 is 1.75. The Morgan fingerprint density at radius 3 is 2.21 bits per heavy atom. The van der Waals surface area contributed by atoms with Gasteiger partial charge in [0.1, 0.15) is 0 Å². The Bertz CT molecular complexity index is 981. The van der Waals surface area contributed by atoms with Crippen molar-refractivity contribution in [3.63, 3.8) is 0 Å². The summed E-state index contributed by atoms with van der Waals surface area (Å²) in [6, 6.07) is 27.3. The van der Waals surface area contributed by atoms with Crippen LogP contribution in [0.15, 0.2) is 90.8 Å². The molecule has 0 aliphatic heterocycles. The molecule has 0 bridgehead atoms. The van der Waals surface area contributed by atoms with Crippen LogP contribution in [0.25, 0.3) is 26.9 Å². The maximum Gasteiger partial charge on any atom is 0.0399 e. The van der Waals surface area contributed by atoms with E-state index in [0.29, 0.717) is 0 Å². The van der Waals surface area contributed by atoms with Crippen molar-refractivity contribution in [1.29, 1.82) is 0 Å². The average Bonchev–Trinajstić information content (AvgIpc) is 3.07. The number of anilines is 1. The van der Waals surface area contributed by atoms with Crippen LogP contribution in [0, 0.1) is 0 Å². The van der Waals surface area contributed by atoms with E-state index in [1.807, 2.05) is 6.07 Å². The Balaban J connectivity index is 1.56. The lowest BCUT2D eigenvalue weighted by Gasteiger charge is -2.10.